The predicted molar refractivity (Wildman–Crippen MR) is 80.0 cm³/mol. The van der Waals surface area contributed by atoms with Gasteiger partial charge in [0, 0.05) is 6.20 Å². The number of H-pyrrole nitrogens is 1. The van der Waals surface area contributed by atoms with Crippen LogP contribution in [0.4, 0.5) is 0 Å². The maximum atomic E-state index is 12.1. The molecule has 0 aliphatic rings. The molecule has 0 aliphatic carbocycles. The second-order valence-corrected chi connectivity index (χ2v) is 4.60. The van der Waals surface area contributed by atoms with Crippen LogP contribution in [0.25, 0.3) is 21.5 Å². The zero-order valence-electron chi connectivity index (χ0n) is 11.6. The van der Waals surface area contributed by atoms with Gasteiger partial charge in [-0.1, -0.05) is 0 Å². The molecule has 5 heteroatoms. The van der Waals surface area contributed by atoms with Crippen LogP contribution < -0.4 is 10.3 Å². The van der Waals surface area contributed by atoms with E-state index in [0.29, 0.717) is 32.9 Å². The number of hydrogen-bond donors (Lipinski definition) is 1. The minimum atomic E-state index is -0.438. The van der Waals surface area contributed by atoms with Gasteiger partial charge in [0.15, 0.2) is 0 Å². The van der Waals surface area contributed by atoms with Crippen LogP contribution in [0.3, 0.4) is 0 Å². The minimum absolute atomic E-state index is 0.206. The van der Waals surface area contributed by atoms with E-state index in [9.17, 15) is 9.59 Å². The largest absolute Gasteiger partial charge is 0.497 e. The quantitative estimate of drug-likeness (QED) is 0.579. The van der Waals surface area contributed by atoms with Gasteiger partial charge < -0.3 is 14.5 Å². The van der Waals surface area contributed by atoms with Gasteiger partial charge in [0.05, 0.1) is 25.2 Å². The second kappa shape index (κ2) is 4.94. The van der Waals surface area contributed by atoms with Gasteiger partial charge >= 0.3 is 5.97 Å². The SMILES string of the molecule is COC(=O)c1cc2cc[nH]c(=O)c2c2cc(OC)ccc12. The Morgan fingerprint density at radius 3 is 2.62 bits per heavy atom. The molecule has 0 radical (unpaired) electrons. The molecule has 5 nitrogen and oxygen atoms in total. The summed E-state index contributed by atoms with van der Waals surface area (Å²) >= 11 is 0. The lowest BCUT2D eigenvalue weighted by molar-refractivity contribution is 0.0603. The highest BCUT2D eigenvalue weighted by Crippen LogP contribution is 2.30. The van der Waals surface area contributed by atoms with Crippen molar-refractivity contribution in [1.82, 2.24) is 4.98 Å². The summed E-state index contributed by atoms with van der Waals surface area (Å²) in [6, 6.07) is 8.68. The smallest absolute Gasteiger partial charge is 0.338 e. The first-order chi connectivity index (χ1) is 10.2. The monoisotopic (exact) mass is 283 g/mol. The highest BCUT2D eigenvalue weighted by Gasteiger charge is 2.15. The van der Waals surface area contributed by atoms with Gasteiger partial charge in [0.25, 0.3) is 5.56 Å². The maximum absolute atomic E-state index is 12.1. The molecule has 21 heavy (non-hydrogen) atoms. The van der Waals surface area contributed by atoms with Crippen LogP contribution in [0.1, 0.15) is 10.4 Å². The van der Waals surface area contributed by atoms with Gasteiger partial charge in [-0.2, -0.15) is 0 Å². The average Bonchev–Trinajstić information content (AvgIpc) is 2.52. The van der Waals surface area contributed by atoms with E-state index in [-0.39, 0.29) is 5.56 Å². The Morgan fingerprint density at radius 2 is 1.90 bits per heavy atom. The molecule has 0 amide bonds. The van der Waals surface area contributed by atoms with Crippen LogP contribution in [-0.4, -0.2) is 25.2 Å². The third-order valence-corrected chi connectivity index (χ3v) is 3.48. The van der Waals surface area contributed by atoms with Crippen molar-refractivity contribution in [2.75, 3.05) is 14.2 Å². The summed E-state index contributed by atoms with van der Waals surface area (Å²) in [5, 5.41) is 2.53. The molecule has 0 unspecified atom stereocenters. The standard InChI is InChI=1S/C16H13NO4/c1-20-10-3-4-11-12(8-10)14-9(5-6-17-15(14)18)7-13(11)16(19)21-2/h3-8H,1-2H3,(H,17,18). The van der Waals surface area contributed by atoms with E-state index in [1.165, 1.54) is 7.11 Å². The summed E-state index contributed by atoms with van der Waals surface area (Å²) in [5.74, 6) is 0.182. The van der Waals surface area contributed by atoms with E-state index >= 15 is 0 Å². The Labute approximate surface area is 120 Å². The van der Waals surface area contributed by atoms with E-state index in [2.05, 4.69) is 4.98 Å². The highest BCUT2D eigenvalue weighted by molar-refractivity contribution is 6.16. The fourth-order valence-electron chi connectivity index (χ4n) is 2.50. The van der Waals surface area contributed by atoms with Gasteiger partial charge in [0.2, 0.25) is 0 Å². The zero-order chi connectivity index (χ0) is 15.0. The molecule has 0 bridgehead atoms. The van der Waals surface area contributed by atoms with Gasteiger partial charge in [0.1, 0.15) is 5.75 Å². The number of fused-ring (bicyclic) bond motifs is 3. The van der Waals surface area contributed by atoms with E-state index < -0.39 is 5.97 Å². The number of pyridine rings is 1. The van der Waals surface area contributed by atoms with Crippen LogP contribution in [0, 0.1) is 0 Å². The normalized spacial score (nSPS) is 10.8. The Balaban J connectivity index is 2.55. The van der Waals surface area contributed by atoms with Crippen molar-refractivity contribution >= 4 is 27.5 Å². The van der Waals surface area contributed by atoms with E-state index in [0.717, 1.165) is 0 Å². The van der Waals surface area contributed by atoms with E-state index in [1.807, 2.05) is 0 Å². The minimum Gasteiger partial charge on any atom is -0.497 e. The molecule has 3 rings (SSSR count). The third kappa shape index (κ3) is 2.03. The molecule has 0 atom stereocenters. The number of methoxy groups -OCH3 is 2. The Bertz CT molecular complexity index is 911. The number of ether oxygens (including phenoxy) is 2. The van der Waals surface area contributed by atoms with Crippen molar-refractivity contribution in [2.24, 2.45) is 0 Å². The topological polar surface area (TPSA) is 68.4 Å². The van der Waals surface area contributed by atoms with E-state index in [4.69, 9.17) is 9.47 Å². The second-order valence-electron chi connectivity index (χ2n) is 4.60. The average molecular weight is 283 g/mol. The summed E-state index contributed by atoms with van der Waals surface area (Å²) < 4.78 is 10.0. The summed E-state index contributed by atoms with van der Waals surface area (Å²) in [6.07, 6.45) is 1.55. The van der Waals surface area contributed by atoms with E-state index in [1.54, 1.807) is 43.6 Å². The van der Waals surface area contributed by atoms with Crippen molar-refractivity contribution in [2.45, 2.75) is 0 Å². The number of hydrogen-bond acceptors (Lipinski definition) is 4. The molecule has 3 aromatic rings. The predicted octanol–water partition coefficient (Wildman–Crippen LogP) is 2.48. The number of benzene rings is 2. The van der Waals surface area contributed by atoms with Crippen molar-refractivity contribution in [3.05, 3.63) is 52.4 Å². The van der Waals surface area contributed by atoms with Crippen molar-refractivity contribution in [3.8, 4) is 5.75 Å². The van der Waals surface area contributed by atoms with Crippen LogP contribution >= 0.6 is 0 Å². The van der Waals surface area contributed by atoms with Crippen molar-refractivity contribution in [1.29, 1.82) is 0 Å². The number of aromatic amines is 1. The number of carbonyl (C=O) groups is 1. The lowest BCUT2D eigenvalue weighted by Crippen LogP contribution is -2.08. The molecule has 106 valence electrons. The Kier molecular flexibility index (Phi) is 3.10. The first-order valence-corrected chi connectivity index (χ1v) is 6.36. The summed E-state index contributed by atoms with van der Waals surface area (Å²) in [6.45, 7) is 0. The Morgan fingerprint density at radius 1 is 1.10 bits per heavy atom. The van der Waals surface area contributed by atoms with Crippen LogP contribution in [-0.2, 0) is 4.74 Å². The third-order valence-electron chi connectivity index (χ3n) is 3.48. The van der Waals surface area contributed by atoms with Crippen LogP contribution in [0.2, 0.25) is 0 Å². The molecule has 0 aliphatic heterocycles. The molecular formula is C16H13NO4. The molecule has 0 spiro atoms. The molecule has 1 N–H and O–H groups in total. The molecule has 0 fully saturated rings. The van der Waals surface area contributed by atoms with Gasteiger partial charge in [-0.25, -0.2) is 4.79 Å². The number of rotatable bonds is 2. The molecular weight excluding hydrogens is 270 g/mol. The highest BCUT2D eigenvalue weighted by atomic mass is 16.5. The first-order valence-electron chi connectivity index (χ1n) is 6.36. The Hall–Kier alpha value is -2.82. The summed E-state index contributed by atoms with van der Waals surface area (Å²) in [4.78, 5) is 26.8. The van der Waals surface area contributed by atoms with Gasteiger partial charge in [-0.15, -0.1) is 0 Å². The number of esters is 1. The molecule has 1 heterocycles. The lowest BCUT2D eigenvalue weighted by Gasteiger charge is -2.10. The fraction of sp³-hybridized carbons (Fsp3) is 0.125. The maximum Gasteiger partial charge on any atom is 0.338 e. The summed E-state index contributed by atoms with van der Waals surface area (Å²) in [5.41, 5.74) is 0.218. The van der Waals surface area contributed by atoms with Gasteiger partial charge in [-0.05, 0) is 46.5 Å². The molecule has 0 saturated heterocycles. The fourth-order valence-corrected chi connectivity index (χ4v) is 2.50. The number of nitrogens with one attached hydrogen (secondary N) is 1. The van der Waals surface area contributed by atoms with Crippen LogP contribution in [0.5, 0.6) is 5.75 Å². The first kappa shape index (κ1) is 13.2. The lowest BCUT2D eigenvalue weighted by atomic mass is 9.98. The molecule has 2 aromatic carbocycles. The van der Waals surface area contributed by atoms with Crippen molar-refractivity contribution in [3.63, 3.8) is 0 Å². The molecule has 1 aromatic heterocycles. The summed E-state index contributed by atoms with van der Waals surface area (Å²) in [7, 11) is 2.89. The molecule has 0 saturated carbocycles. The van der Waals surface area contributed by atoms with Crippen molar-refractivity contribution < 1.29 is 14.3 Å². The van der Waals surface area contributed by atoms with Crippen LogP contribution in [0.15, 0.2) is 41.3 Å². The number of aromatic nitrogens is 1. The van der Waals surface area contributed by atoms with Gasteiger partial charge in [-0.3, -0.25) is 4.79 Å². The zero-order valence-corrected chi connectivity index (χ0v) is 11.6. The number of carbonyl (C=O) groups excluding carboxylic acids is 1.